The number of β-amino-alcohol motifs (C(OH)–C–C–N with tert-alkyl or cyclic N) is 1. The molecule has 0 spiro atoms. The van der Waals surface area contributed by atoms with E-state index < -0.39 is 0 Å². The molecule has 1 N–H and O–H groups in total. The fourth-order valence-corrected chi connectivity index (χ4v) is 1.98. The lowest BCUT2D eigenvalue weighted by Crippen LogP contribution is -2.30. The van der Waals surface area contributed by atoms with Crippen molar-refractivity contribution in [3.63, 3.8) is 0 Å². The van der Waals surface area contributed by atoms with E-state index in [1.165, 1.54) is 0 Å². The van der Waals surface area contributed by atoms with Gasteiger partial charge in [0.25, 0.3) is 0 Å². The smallest absolute Gasteiger partial charge is 0.0712 e. The average Bonchev–Trinajstić information content (AvgIpc) is 2.29. The predicted molar refractivity (Wildman–Crippen MR) is 51.1 cm³/mol. The van der Waals surface area contributed by atoms with Crippen LogP contribution in [0, 0.1) is 11.3 Å². The van der Waals surface area contributed by atoms with E-state index in [9.17, 15) is 5.11 Å². The molecule has 0 amide bonds. The first-order chi connectivity index (χ1) is 5.45. The molecule has 0 saturated carbocycles. The zero-order chi connectivity index (χ0) is 9.35. The van der Waals surface area contributed by atoms with Crippen molar-refractivity contribution in [2.45, 2.75) is 33.8 Å². The van der Waals surface area contributed by atoms with Crippen molar-refractivity contribution in [1.82, 2.24) is 4.90 Å². The van der Waals surface area contributed by atoms with Crippen molar-refractivity contribution in [3.05, 3.63) is 0 Å². The van der Waals surface area contributed by atoms with Crippen molar-refractivity contribution in [2.75, 3.05) is 19.6 Å². The number of aliphatic hydroxyl groups excluding tert-OH is 1. The van der Waals surface area contributed by atoms with Crippen molar-refractivity contribution in [3.8, 4) is 0 Å². The molecule has 1 heterocycles. The fourth-order valence-electron chi connectivity index (χ4n) is 1.98. The molecule has 1 fully saturated rings. The Kier molecular flexibility index (Phi) is 2.79. The molecular formula is C10H21NO. The predicted octanol–water partition coefficient (Wildman–Crippen LogP) is 1.35. The van der Waals surface area contributed by atoms with Crippen LogP contribution in [-0.4, -0.2) is 35.7 Å². The maximum absolute atomic E-state index is 9.78. The van der Waals surface area contributed by atoms with E-state index in [2.05, 4.69) is 32.6 Å². The van der Waals surface area contributed by atoms with Crippen LogP contribution in [0.15, 0.2) is 0 Å². The molecule has 1 saturated heterocycles. The van der Waals surface area contributed by atoms with Gasteiger partial charge in [-0.25, -0.2) is 0 Å². The molecule has 2 atom stereocenters. The monoisotopic (exact) mass is 171 g/mol. The van der Waals surface area contributed by atoms with Crippen molar-refractivity contribution < 1.29 is 5.11 Å². The Bertz CT molecular complexity index is 150. The van der Waals surface area contributed by atoms with Crippen LogP contribution in [0.1, 0.15) is 27.7 Å². The van der Waals surface area contributed by atoms with Gasteiger partial charge in [0.1, 0.15) is 0 Å². The lowest BCUT2D eigenvalue weighted by Gasteiger charge is -2.29. The molecule has 1 aliphatic heterocycles. The second-order valence-corrected chi connectivity index (χ2v) is 4.89. The Morgan fingerprint density at radius 3 is 2.17 bits per heavy atom. The summed E-state index contributed by atoms with van der Waals surface area (Å²) in [4.78, 5) is 2.32. The van der Waals surface area contributed by atoms with Crippen LogP contribution in [0.4, 0.5) is 0 Å². The second-order valence-electron chi connectivity index (χ2n) is 4.89. The van der Waals surface area contributed by atoms with Gasteiger partial charge in [0.15, 0.2) is 0 Å². The molecule has 1 aliphatic rings. The largest absolute Gasteiger partial charge is 0.391 e. The average molecular weight is 171 g/mol. The van der Waals surface area contributed by atoms with Gasteiger partial charge < -0.3 is 10.0 Å². The van der Waals surface area contributed by atoms with Gasteiger partial charge in [-0.15, -0.1) is 0 Å². The summed E-state index contributed by atoms with van der Waals surface area (Å²) >= 11 is 0. The summed E-state index contributed by atoms with van der Waals surface area (Å²) in [5, 5.41) is 9.78. The number of likely N-dealkylation sites (tertiary alicyclic amines) is 1. The van der Waals surface area contributed by atoms with Crippen LogP contribution in [0.2, 0.25) is 0 Å². The number of hydrogen-bond donors (Lipinski definition) is 1. The van der Waals surface area contributed by atoms with E-state index in [4.69, 9.17) is 0 Å². The molecule has 0 aromatic heterocycles. The number of nitrogens with zero attached hydrogens (tertiary/aromatic N) is 1. The number of aliphatic hydroxyl groups is 1. The zero-order valence-corrected chi connectivity index (χ0v) is 8.67. The van der Waals surface area contributed by atoms with E-state index >= 15 is 0 Å². The van der Waals surface area contributed by atoms with Crippen molar-refractivity contribution in [1.29, 1.82) is 0 Å². The van der Waals surface area contributed by atoms with Crippen LogP contribution in [0.3, 0.4) is 0 Å². The van der Waals surface area contributed by atoms with Gasteiger partial charge in [0.2, 0.25) is 0 Å². The summed E-state index contributed by atoms with van der Waals surface area (Å²) in [5.41, 5.74) is 0.239. The van der Waals surface area contributed by atoms with Crippen LogP contribution in [0.25, 0.3) is 0 Å². The minimum atomic E-state index is -0.120. The molecule has 1 rings (SSSR count). The Labute approximate surface area is 75.6 Å². The highest BCUT2D eigenvalue weighted by molar-refractivity contribution is 4.89. The molecule has 12 heavy (non-hydrogen) atoms. The molecule has 0 bridgehead atoms. The first kappa shape index (κ1) is 10.0. The first-order valence-corrected chi connectivity index (χ1v) is 4.85. The third-order valence-electron chi connectivity index (χ3n) is 2.92. The van der Waals surface area contributed by atoms with Crippen molar-refractivity contribution in [2.24, 2.45) is 11.3 Å². The molecule has 2 heteroatoms. The maximum atomic E-state index is 9.78. The van der Waals surface area contributed by atoms with Gasteiger partial charge >= 0.3 is 0 Å². The van der Waals surface area contributed by atoms with E-state index in [1.807, 2.05) is 0 Å². The van der Waals surface area contributed by atoms with Gasteiger partial charge in [-0.2, -0.15) is 0 Å². The highest BCUT2D eigenvalue weighted by Gasteiger charge is 2.37. The van der Waals surface area contributed by atoms with Crippen LogP contribution in [0.5, 0.6) is 0 Å². The molecule has 0 radical (unpaired) electrons. The number of hydrogen-bond acceptors (Lipinski definition) is 2. The van der Waals surface area contributed by atoms with E-state index in [0.29, 0.717) is 5.92 Å². The highest BCUT2D eigenvalue weighted by atomic mass is 16.3. The summed E-state index contributed by atoms with van der Waals surface area (Å²) in [6.45, 7) is 11.8. The lowest BCUT2D eigenvalue weighted by atomic mass is 9.79. The Morgan fingerprint density at radius 2 is 1.92 bits per heavy atom. The standard InChI is InChI=1S/C10H21NO/c1-5-11-6-8(9(12)7-11)10(2,3)4/h8-9,12H,5-7H2,1-4H3/t8-,9-/m1/s1. The summed E-state index contributed by atoms with van der Waals surface area (Å²) < 4.78 is 0. The number of rotatable bonds is 1. The normalized spacial score (nSPS) is 32.8. The molecule has 72 valence electrons. The number of likely N-dealkylation sites (N-methyl/N-ethyl adjacent to an activating group) is 1. The van der Waals surface area contributed by atoms with E-state index in [1.54, 1.807) is 0 Å². The van der Waals surface area contributed by atoms with E-state index in [-0.39, 0.29) is 11.5 Å². The molecule has 0 aliphatic carbocycles. The summed E-state index contributed by atoms with van der Waals surface area (Å²) in [5.74, 6) is 0.442. The molecule has 0 aromatic carbocycles. The van der Waals surface area contributed by atoms with Gasteiger partial charge in [-0.1, -0.05) is 27.7 Å². The quantitative estimate of drug-likeness (QED) is 0.643. The van der Waals surface area contributed by atoms with Gasteiger partial charge in [0.05, 0.1) is 6.10 Å². The van der Waals surface area contributed by atoms with Crippen LogP contribution < -0.4 is 0 Å². The third kappa shape index (κ3) is 1.99. The first-order valence-electron chi connectivity index (χ1n) is 4.85. The minimum absolute atomic E-state index is 0.120. The van der Waals surface area contributed by atoms with Gasteiger partial charge in [0, 0.05) is 19.0 Å². The topological polar surface area (TPSA) is 23.5 Å². The SMILES string of the molecule is CCN1C[C@@H](O)[C@H](C(C)(C)C)C1. The Morgan fingerprint density at radius 1 is 1.33 bits per heavy atom. The lowest BCUT2D eigenvalue weighted by molar-refractivity contribution is 0.0826. The third-order valence-corrected chi connectivity index (χ3v) is 2.92. The Hall–Kier alpha value is -0.0800. The zero-order valence-electron chi connectivity index (χ0n) is 8.67. The van der Waals surface area contributed by atoms with Gasteiger partial charge in [-0.3, -0.25) is 0 Å². The highest BCUT2D eigenvalue weighted by Crippen LogP contribution is 2.33. The Balaban J connectivity index is 2.58. The minimum Gasteiger partial charge on any atom is -0.391 e. The summed E-state index contributed by atoms with van der Waals surface area (Å²) in [6.07, 6.45) is -0.120. The van der Waals surface area contributed by atoms with Crippen LogP contribution in [-0.2, 0) is 0 Å². The molecular weight excluding hydrogens is 150 g/mol. The van der Waals surface area contributed by atoms with Gasteiger partial charge in [-0.05, 0) is 12.0 Å². The fraction of sp³-hybridized carbons (Fsp3) is 1.00. The van der Waals surface area contributed by atoms with Crippen LogP contribution >= 0.6 is 0 Å². The summed E-state index contributed by atoms with van der Waals surface area (Å²) in [6, 6.07) is 0. The summed E-state index contributed by atoms with van der Waals surface area (Å²) in [7, 11) is 0. The second kappa shape index (κ2) is 3.35. The molecule has 0 aromatic rings. The van der Waals surface area contributed by atoms with Crippen molar-refractivity contribution >= 4 is 0 Å². The maximum Gasteiger partial charge on any atom is 0.0712 e. The molecule has 2 nitrogen and oxygen atoms in total. The van der Waals surface area contributed by atoms with E-state index in [0.717, 1.165) is 19.6 Å². The molecule has 0 unspecified atom stereocenters.